The van der Waals surface area contributed by atoms with Gasteiger partial charge in [0.05, 0.1) is 0 Å². The van der Waals surface area contributed by atoms with Crippen LogP contribution in [0.3, 0.4) is 0 Å². The molecule has 0 aliphatic heterocycles. The SMILES string of the molecule is Cc1ccc(N(c2ccccc2)c2ccc3cc4c(cc3c2)oc2c(C)c3oc5cc6cc(N(c7ccccc7)c7ccc(C)c(C)c7C)ccc6cc5c3cc24)c(C)c1C. The smallest absolute Gasteiger partial charge is 0.142 e. The third kappa shape index (κ3) is 5.81. The summed E-state index contributed by atoms with van der Waals surface area (Å²) in [6, 6.07) is 55.0. The maximum atomic E-state index is 6.76. The van der Waals surface area contributed by atoms with Crippen molar-refractivity contribution in [2.24, 2.45) is 0 Å². The van der Waals surface area contributed by atoms with Crippen LogP contribution in [0.25, 0.3) is 65.4 Å². The summed E-state index contributed by atoms with van der Waals surface area (Å²) in [5, 5.41) is 9.00. The maximum Gasteiger partial charge on any atom is 0.142 e. The van der Waals surface area contributed by atoms with Gasteiger partial charge in [0.15, 0.2) is 0 Å². The van der Waals surface area contributed by atoms with Crippen molar-refractivity contribution in [3.8, 4) is 0 Å². The van der Waals surface area contributed by atoms with Crippen LogP contribution in [-0.4, -0.2) is 0 Å². The second kappa shape index (κ2) is 13.9. The number of hydrogen-bond acceptors (Lipinski definition) is 4. The molecular formula is C57H46N2O2. The van der Waals surface area contributed by atoms with Crippen molar-refractivity contribution < 1.29 is 8.83 Å². The van der Waals surface area contributed by atoms with Gasteiger partial charge >= 0.3 is 0 Å². The minimum absolute atomic E-state index is 0.864. The van der Waals surface area contributed by atoms with E-state index in [4.69, 9.17) is 8.83 Å². The van der Waals surface area contributed by atoms with Gasteiger partial charge in [0, 0.05) is 61.2 Å². The van der Waals surface area contributed by atoms with E-state index in [2.05, 4.69) is 210 Å². The fraction of sp³-hybridized carbons (Fsp3) is 0.123. The molecule has 4 heteroatoms. The lowest BCUT2D eigenvalue weighted by Gasteiger charge is -2.28. The van der Waals surface area contributed by atoms with E-state index in [1.165, 1.54) is 55.5 Å². The zero-order valence-electron chi connectivity index (χ0n) is 35.6. The second-order valence-electron chi connectivity index (χ2n) is 16.9. The van der Waals surface area contributed by atoms with Crippen LogP contribution in [0, 0.1) is 48.5 Å². The molecule has 0 bridgehead atoms. The first-order valence-electron chi connectivity index (χ1n) is 21.2. The Morgan fingerprint density at radius 2 is 0.738 bits per heavy atom. The highest BCUT2D eigenvalue weighted by molar-refractivity contribution is 6.20. The summed E-state index contributed by atoms with van der Waals surface area (Å²) in [7, 11) is 0. The standard InChI is InChI=1S/C57H46N2O2/c1-33-18-24-52(37(5)35(33)3)58(44-14-10-8-11-15-44)46-22-20-40-28-48-50-32-51-49-29-41-21-23-47(59(45-16-12-9-13-17-45)53-25-19-34(2)36(4)38(53)6)27-43(41)31-55(49)61-57(51)39(7)56(50)60-54(48)30-42(40)26-46/h8-32H,1-7H3. The van der Waals surface area contributed by atoms with E-state index in [0.29, 0.717) is 0 Å². The van der Waals surface area contributed by atoms with Crippen LogP contribution in [0.1, 0.15) is 38.9 Å². The molecular weight excluding hydrogens is 745 g/mol. The molecule has 11 aromatic rings. The Balaban J connectivity index is 1.03. The normalized spacial score (nSPS) is 11.9. The monoisotopic (exact) mass is 790 g/mol. The Hall–Kier alpha value is -7.30. The fourth-order valence-corrected chi connectivity index (χ4v) is 9.44. The summed E-state index contributed by atoms with van der Waals surface area (Å²) < 4.78 is 13.5. The maximum absolute atomic E-state index is 6.76. The summed E-state index contributed by atoms with van der Waals surface area (Å²) in [6.45, 7) is 15.4. The number of fused-ring (bicyclic) bond motifs is 8. The largest absolute Gasteiger partial charge is 0.456 e. The zero-order chi connectivity index (χ0) is 41.7. The van der Waals surface area contributed by atoms with Crippen LogP contribution in [-0.2, 0) is 0 Å². The topological polar surface area (TPSA) is 32.8 Å². The summed E-state index contributed by atoms with van der Waals surface area (Å²) in [5.41, 5.74) is 19.1. The number of nitrogens with zero attached hydrogens (tertiary/aromatic N) is 2. The third-order valence-electron chi connectivity index (χ3n) is 13.4. The molecule has 0 spiro atoms. The highest BCUT2D eigenvalue weighted by Crippen LogP contribution is 2.45. The summed E-state index contributed by atoms with van der Waals surface area (Å²) in [6.07, 6.45) is 0. The molecule has 0 fully saturated rings. The Labute approximate surface area is 355 Å². The lowest BCUT2D eigenvalue weighted by Crippen LogP contribution is -2.12. The number of anilines is 6. The molecule has 0 saturated carbocycles. The van der Waals surface area contributed by atoms with Crippen LogP contribution in [0.4, 0.5) is 34.1 Å². The van der Waals surface area contributed by atoms with Crippen LogP contribution in [0.5, 0.6) is 0 Å². The Morgan fingerprint density at radius 1 is 0.311 bits per heavy atom. The molecule has 0 saturated heterocycles. The van der Waals surface area contributed by atoms with E-state index in [1.807, 2.05) is 0 Å². The van der Waals surface area contributed by atoms with Gasteiger partial charge in [-0.25, -0.2) is 0 Å². The molecule has 0 unspecified atom stereocenters. The first-order chi connectivity index (χ1) is 29.6. The van der Waals surface area contributed by atoms with Crippen molar-refractivity contribution in [3.05, 3.63) is 191 Å². The number of furan rings is 2. The lowest BCUT2D eigenvalue weighted by atomic mass is 9.99. The average Bonchev–Trinajstić information content (AvgIpc) is 3.83. The second-order valence-corrected chi connectivity index (χ2v) is 16.9. The average molecular weight is 791 g/mol. The number of rotatable bonds is 6. The van der Waals surface area contributed by atoms with E-state index >= 15 is 0 Å². The van der Waals surface area contributed by atoms with Crippen LogP contribution >= 0.6 is 0 Å². The van der Waals surface area contributed by atoms with Crippen molar-refractivity contribution in [3.63, 3.8) is 0 Å². The van der Waals surface area contributed by atoms with E-state index in [1.54, 1.807) is 0 Å². The number of aryl methyl sites for hydroxylation is 3. The highest BCUT2D eigenvalue weighted by Gasteiger charge is 2.22. The van der Waals surface area contributed by atoms with Crippen LogP contribution in [0.2, 0.25) is 0 Å². The van der Waals surface area contributed by atoms with Crippen LogP contribution < -0.4 is 9.80 Å². The highest BCUT2D eigenvalue weighted by atomic mass is 16.3. The molecule has 11 rings (SSSR count). The summed E-state index contributed by atoms with van der Waals surface area (Å²) in [4.78, 5) is 4.73. The minimum Gasteiger partial charge on any atom is -0.456 e. The van der Waals surface area contributed by atoms with Crippen molar-refractivity contribution in [2.45, 2.75) is 48.5 Å². The first kappa shape index (κ1) is 36.8. The molecule has 0 radical (unpaired) electrons. The van der Waals surface area contributed by atoms with Gasteiger partial charge in [-0.15, -0.1) is 0 Å². The van der Waals surface area contributed by atoms with Crippen molar-refractivity contribution >= 4 is 99.5 Å². The molecule has 9 aromatic carbocycles. The number of hydrogen-bond donors (Lipinski definition) is 0. The summed E-state index contributed by atoms with van der Waals surface area (Å²) in [5.74, 6) is 0. The van der Waals surface area contributed by atoms with Gasteiger partial charge < -0.3 is 18.6 Å². The first-order valence-corrected chi connectivity index (χ1v) is 21.2. The molecule has 0 N–H and O–H groups in total. The predicted octanol–water partition coefficient (Wildman–Crippen LogP) is 16.9. The molecule has 0 aliphatic carbocycles. The quantitative estimate of drug-likeness (QED) is 0.168. The Morgan fingerprint density at radius 3 is 1.16 bits per heavy atom. The Bertz CT molecular complexity index is 3320. The zero-order valence-corrected chi connectivity index (χ0v) is 35.6. The minimum atomic E-state index is 0.864. The van der Waals surface area contributed by atoms with Gasteiger partial charge in [-0.1, -0.05) is 60.7 Å². The van der Waals surface area contributed by atoms with Gasteiger partial charge in [-0.3, -0.25) is 0 Å². The summed E-state index contributed by atoms with van der Waals surface area (Å²) >= 11 is 0. The van der Waals surface area contributed by atoms with E-state index in [9.17, 15) is 0 Å². The van der Waals surface area contributed by atoms with Crippen molar-refractivity contribution in [2.75, 3.05) is 9.80 Å². The fourth-order valence-electron chi connectivity index (χ4n) is 9.44. The molecule has 0 aliphatic rings. The van der Waals surface area contributed by atoms with Crippen molar-refractivity contribution in [1.82, 2.24) is 0 Å². The predicted molar refractivity (Wildman–Crippen MR) is 259 cm³/mol. The van der Waals surface area contributed by atoms with E-state index in [0.717, 1.165) is 83.0 Å². The van der Waals surface area contributed by atoms with Gasteiger partial charge in [0.25, 0.3) is 0 Å². The molecule has 2 heterocycles. The van der Waals surface area contributed by atoms with Gasteiger partial charge in [-0.05, 0) is 194 Å². The molecule has 2 aromatic heterocycles. The molecule has 0 atom stereocenters. The van der Waals surface area contributed by atoms with Crippen molar-refractivity contribution in [1.29, 1.82) is 0 Å². The van der Waals surface area contributed by atoms with Gasteiger partial charge in [0.1, 0.15) is 22.3 Å². The Kier molecular flexibility index (Phi) is 8.37. The number of para-hydroxylation sites is 2. The van der Waals surface area contributed by atoms with E-state index < -0.39 is 0 Å². The molecule has 0 amide bonds. The number of benzene rings is 9. The van der Waals surface area contributed by atoms with Crippen LogP contribution in [0.15, 0.2) is 160 Å². The molecule has 61 heavy (non-hydrogen) atoms. The molecule has 4 nitrogen and oxygen atoms in total. The van der Waals surface area contributed by atoms with Gasteiger partial charge in [-0.2, -0.15) is 0 Å². The van der Waals surface area contributed by atoms with Gasteiger partial charge in [0.2, 0.25) is 0 Å². The van der Waals surface area contributed by atoms with E-state index in [-0.39, 0.29) is 0 Å². The third-order valence-corrected chi connectivity index (χ3v) is 13.4. The lowest BCUT2D eigenvalue weighted by molar-refractivity contribution is 0.651. The molecule has 296 valence electrons.